The predicted molar refractivity (Wildman–Crippen MR) is 61.0 cm³/mol. The molecule has 1 aliphatic rings. The van der Waals surface area contributed by atoms with Crippen LogP contribution < -0.4 is 5.73 Å². The van der Waals surface area contributed by atoms with Crippen molar-refractivity contribution in [3.8, 4) is 6.07 Å². The number of nitrogens with two attached hydrogens (primary N) is 1. The summed E-state index contributed by atoms with van der Waals surface area (Å²) in [7, 11) is 0. The largest absolute Gasteiger partial charge is 0.363 e. The van der Waals surface area contributed by atoms with Gasteiger partial charge < -0.3 is 10.3 Å². The van der Waals surface area contributed by atoms with Gasteiger partial charge >= 0.3 is 0 Å². The van der Waals surface area contributed by atoms with Crippen molar-refractivity contribution in [2.24, 2.45) is 11.1 Å². The maximum absolute atomic E-state index is 10.8. The van der Waals surface area contributed by atoms with Crippen LogP contribution in [-0.4, -0.2) is 34.0 Å². The molecule has 7 heteroatoms. The molecule has 96 valence electrons. The van der Waals surface area contributed by atoms with Gasteiger partial charge in [0, 0.05) is 6.54 Å². The molecule has 1 saturated heterocycles. The third-order valence-electron chi connectivity index (χ3n) is 3.09. The molecule has 1 amide bonds. The number of piperidine rings is 1. The van der Waals surface area contributed by atoms with Crippen LogP contribution in [0.1, 0.15) is 36.3 Å². The Morgan fingerprint density at radius 1 is 1.72 bits per heavy atom. The molecule has 0 spiro atoms. The smallest absolute Gasteiger partial charge is 0.290 e. The van der Waals surface area contributed by atoms with Gasteiger partial charge in [-0.1, -0.05) is 5.16 Å². The molecule has 1 aromatic rings. The van der Waals surface area contributed by atoms with Crippen LogP contribution in [0, 0.1) is 16.7 Å². The summed E-state index contributed by atoms with van der Waals surface area (Å²) < 4.78 is 4.94. The second kappa shape index (κ2) is 4.74. The second-order valence-corrected chi connectivity index (χ2v) is 4.86. The summed E-state index contributed by atoms with van der Waals surface area (Å²) in [4.78, 5) is 16.8. The molecule has 1 fully saturated rings. The van der Waals surface area contributed by atoms with Crippen LogP contribution in [-0.2, 0) is 6.54 Å². The third-order valence-corrected chi connectivity index (χ3v) is 3.09. The molecule has 0 aromatic carbocycles. The zero-order valence-electron chi connectivity index (χ0n) is 10.2. The molecule has 2 N–H and O–H groups in total. The number of likely N-dealkylation sites (tertiary alicyclic amines) is 1. The monoisotopic (exact) mass is 249 g/mol. The number of primary amides is 1. The van der Waals surface area contributed by atoms with E-state index >= 15 is 0 Å². The van der Waals surface area contributed by atoms with Gasteiger partial charge in [0.25, 0.3) is 11.7 Å². The highest BCUT2D eigenvalue weighted by atomic mass is 16.5. The number of rotatable bonds is 3. The highest BCUT2D eigenvalue weighted by Gasteiger charge is 2.31. The van der Waals surface area contributed by atoms with Crippen molar-refractivity contribution in [2.75, 3.05) is 13.1 Å². The van der Waals surface area contributed by atoms with E-state index < -0.39 is 5.91 Å². The number of nitrogens with zero attached hydrogens (tertiary/aromatic N) is 4. The van der Waals surface area contributed by atoms with Crippen LogP contribution in [0.5, 0.6) is 0 Å². The third kappa shape index (κ3) is 2.65. The van der Waals surface area contributed by atoms with Crippen molar-refractivity contribution >= 4 is 5.91 Å². The topological polar surface area (TPSA) is 109 Å². The lowest BCUT2D eigenvalue weighted by atomic mass is 9.83. The van der Waals surface area contributed by atoms with E-state index in [0.29, 0.717) is 19.0 Å². The van der Waals surface area contributed by atoms with Crippen LogP contribution in [0.15, 0.2) is 4.52 Å². The van der Waals surface area contributed by atoms with Gasteiger partial charge in [-0.25, -0.2) is 0 Å². The van der Waals surface area contributed by atoms with Crippen LogP contribution in [0.3, 0.4) is 0 Å². The van der Waals surface area contributed by atoms with Gasteiger partial charge in [-0.05, 0) is 26.3 Å². The summed E-state index contributed by atoms with van der Waals surface area (Å²) in [5, 5.41) is 12.6. The van der Waals surface area contributed by atoms with E-state index in [9.17, 15) is 4.79 Å². The van der Waals surface area contributed by atoms with E-state index in [1.807, 2.05) is 6.92 Å². The number of hydrogen-bond acceptors (Lipinski definition) is 6. The Labute approximate surface area is 105 Å². The van der Waals surface area contributed by atoms with E-state index in [4.69, 9.17) is 15.5 Å². The zero-order chi connectivity index (χ0) is 13.2. The lowest BCUT2D eigenvalue weighted by Gasteiger charge is -2.34. The molecule has 1 aromatic heterocycles. The molecule has 1 atom stereocenters. The molecular formula is C11H15N5O2. The van der Waals surface area contributed by atoms with Crippen LogP contribution in [0.2, 0.25) is 0 Å². The summed E-state index contributed by atoms with van der Waals surface area (Å²) in [6.45, 7) is 3.93. The van der Waals surface area contributed by atoms with Crippen LogP contribution >= 0.6 is 0 Å². The number of carbonyl (C=O) groups excluding carboxylic acids is 1. The summed E-state index contributed by atoms with van der Waals surface area (Å²) in [6, 6.07) is 2.34. The highest BCUT2D eigenvalue weighted by Crippen LogP contribution is 2.28. The summed E-state index contributed by atoms with van der Waals surface area (Å²) in [6.07, 6.45) is 1.86. The van der Waals surface area contributed by atoms with Gasteiger partial charge in [0.1, 0.15) is 0 Å². The van der Waals surface area contributed by atoms with Gasteiger partial charge in [-0.3, -0.25) is 9.69 Å². The van der Waals surface area contributed by atoms with Crippen molar-refractivity contribution in [1.82, 2.24) is 15.0 Å². The maximum atomic E-state index is 10.8. The SMILES string of the molecule is C[C@]1(C#N)CCCN(Cc2nc(C(N)=O)no2)C1. The highest BCUT2D eigenvalue weighted by molar-refractivity contribution is 5.88. The molecule has 0 unspecified atom stereocenters. The number of nitriles is 1. The van der Waals surface area contributed by atoms with E-state index in [2.05, 4.69) is 21.1 Å². The molecule has 0 radical (unpaired) electrons. The first-order valence-electron chi connectivity index (χ1n) is 5.78. The van der Waals surface area contributed by atoms with Gasteiger partial charge in [-0.15, -0.1) is 0 Å². The molecule has 1 aliphatic heterocycles. The van der Waals surface area contributed by atoms with E-state index in [0.717, 1.165) is 19.4 Å². The first kappa shape index (κ1) is 12.5. The Morgan fingerprint density at radius 2 is 2.50 bits per heavy atom. The lowest BCUT2D eigenvalue weighted by Crippen LogP contribution is -2.40. The fourth-order valence-electron chi connectivity index (χ4n) is 2.18. The average molecular weight is 249 g/mol. The quantitative estimate of drug-likeness (QED) is 0.824. The van der Waals surface area contributed by atoms with Crippen molar-refractivity contribution in [3.05, 3.63) is 11.7 Å². The Hall–Kier alpha value is -1.94. The minimum Gasteiger partial charge on any atom is -0.363 e. The summed E-state index contributed by atoms with van der Waals surface area (Å²) in [5.41, 5.74) is 4.72. The number of aromatic nitrogens is 2. The van der Waals surface area contributed by atoms with Crippen molar-refractivity contribution in [1.29, 1.82) is 5.26 Å². The Kier molecular flexibility index (Phi) is 3.30. The Bertz CT molecular complexity index is 492. The van der Waals surface area contributed by atoms with Gasteiger partial charge in [0.15, 0.2) is 0 Å². The standard InChI is InChI=1S/C11H15N5O2/c1-11(6-12)3-2-4-16(7-11)5-8-14-10(9(13)17)15-18-8/h2-5,7H2,1H3,(H2,13,17)/t11-/m1/s1. The molecule has 2 rings (SSSR count). The van der Waals surface area contributed by atoms with E-state index in [1.54, 1.807) is 0 Å². The van der Waals surface area contributed by atoms with Crippen molar-refractivity contribution in [3.63, 3.8) is 0 Å². The molecule has 0 aliphatic carbocycles. The number of amides is 1. The average Bonchev–Trinajstić information content (AvgIpc) is 2.78. The van der Waals surface area contributed by atoms with Gasteiger partial charge in [0.05, 0.1) is 18.0 Å². The molecule has 2 heterocycles. The van der Waals surface area contributed by atoms with E-state index in [-0.39, 0.29) is 11.2 Å². The second-order valence-electron chi connectivity index (χ2n) is 4.86. The predicted octanol–water partition coefficient (Wildman–Crippen LogP) is 0.294. The van der Waals surface area contributed by atoms with E-state index in [1.165, 1.54) is 0 Å². The summed E-state index contributed by atoms with van der Waals surface area (Å²) >= 11 is 0. The number of carbonyl (C=O) groups is 1. The van der Waals surface area contributed by atoms with Gasteiger partial charge in [-0.2, -0.15) is 10.2 Å². The maximum Gasteiger partial charge on any atom is 0.290 e. The molecule has 0 bridgehead atoms. The molecular weight excluding hydrogens is 234 g/mol. The van der Waals surface area contributed by atoms with Crippen LogP contribution in [0.25, 0.3) is 0 Å². The minimum atomic E-state index is -0.703. The summed E-state index contributed by atoms with van der Waals surface area (Å²) in [5.74, 6) is -0.457. The zero-order valence-corrected chi connectivity index (χ0v) is 10.2. The van der Waals surface area contributed by atoms with Crippen LogP contribution in [0.4, 0.5) is 0 Å². The van der Waals surface area contributed by atoms with Crippen molar-refractivity contribution in [2.45, 2.75) is 26.3 Å². The Morgan fingerprint density at radius 3 is 3.11 bits per heavy atom. The fraction of sp³-hybridized carbons (Fsp3) is 0.636. The lowest BCUT2D eigenvalue weighted by molar-refractivity contribution is 0.0987. The fourth-order valence-corrected chi connectivity index (χ4v) is 2.18. The number of hydrogen-bond donors (Lipinski definition) is 1. The van der Waals surface area contributed by atoms with Crippen molar-refractivity contribution < 1.29 is 9.32 Å². The Balaban J connectivity index is 2.01. The van der Waals surface area contributed by atoms with Gasteiger partial charge in [0.2, 0.25) is 5.89 Å². The molecule has 7 nitrogen and oxygen atoms in total. The molecule has 18 heavy (non-hydrogen) atoms. The molecule has 0 saturated carbocycles. The normalized spacial score (nSPS) is 24.7. The first-order valence-corrected chi connectivity index (χ1v) is 5.78. The first-order chi connectivity index (χ1) is 8.52. The minimum absolute atomic E-state index is 0.106.